The Labute approximate surface area is 119 Å². The van der Waals surface area contributed by atoms with Gasteiger partial charge >= 0.3 is 0 Å². The highest BCUT2D eigenvalue weighted by molar-refractivity contribution is 5.61. The number of anilines is 2. The van der Waals surface area contributed by atoms with Gasteiger partial charge in [-0.1, -0.05) is 13.8 Å². The van der Waals surface area contributed by atoms with Crippen molar-refractivity contribution in [3.8, 4) is 0 Å². The number of hydrazine groups is 1. The van der Waals surface area contributed by atoms with Crippen LogP contribution in [-0.2, 0) is 0 Å². The second kappa shape index (κ2) is 5.18. The summed E-state index contributed by atoms with van der Waals surface area (Å²) in [6.45, 7) is 4.26. The Morgan fingerprint density at radius 3 is 2.50 bits per heavy atom. The zero-order valence-electron chi connectivity index (χ0n) is 12.1. The fraction of sp³-hybridized carbons (Fsp3) is 0.714. The highest BCUT2D eigenvalue weighted by atomic mass is 16.3. The molecule has 2 aliphatic rings. The first kappa shape index (κ1) is 13.6. The van der Waals surface area contributed by atoms with Gasteiger partial charge in [0.05, 0.1) is 6.10 Å². The van der Waals surface area contributed by atoms with Crippen LogP contribution >= 0.6 is 0 Å². The smallest absolute Gasteiger partial charge is 0.148 e. The minimum absolute atomic E-state index is 0.166. The third-order valence-corrected chi connectivity index (χ3v) is 4.53. The van der Waals surface area contributed by atoms with Crippen LogP contribution < -0.4 is 16.2 Å². The molecule has 20 heavy (non-hydrogen) atoms. The molecule has 1 aromatic heterocycles. The Kier molecular flexibility index (Phi) is 3.52. The largest absolute Gasteiger partial charge is 0.393 e. The molecule has 2 atom stereocenters. The zero-order valence-corrected chi connectivity index (χ0v) is 12.1. The molecule has 2 saturated heterocycles. The molecule has 0 spiro atoms. The fourth-order valence-electron chi connectivity index (χ4n) is 3.73. The van der Waals surface area contributed by atoms with Crippen molar-refractivity contribution >= 4 is 11.6 Å². The molecule has 110 valence electrons. The molecule has 2 unspecified atom stereocenters. The van der Waals surface area contributed by atoms with Crippen LogP contribution in [0.1, 0.15) is 51.0 Å². The van der Waals surface area contributed by atoms with Crippen LogP contribution in [0.5, 0.6) is 0 Å². The van der Waals surface area contributed by atoms with Crippen molar-refractivity contribution in [3.05, 3.63) is 11.9 Å². The Morgan fingerprint density at radius 2 is 1.95 bits per heavy atom. The molecule has 2 bridgehead atoms. The molecule has 4 N–H and O–H groups in total. The minimum atomic E-state index is -0.166. The highest BCUT2D eigenvalue weighted by Crippen LogP contribution is 2.42. The molecule has 0 aliphatic carbocycles. The van der Waals surface area contributed by atoms with E-state index in [2.05, 4.69) is 34.1 Å². The zero-order chi connectivity index (χ0) is 14.3. The van der Waals surface area contributed by atoms with Gasteiger partial charge in [0.15, 0.2) is 0 Å². The summed E-state index contributed by atoms with van der Waals surface area (Å²) in [5, 5.41) is 9.94. The van der Waals surface area contributed by atoms with E-state index in [1.807, 2.05) is 0 Å². The molecule has 0 aromatic carbocycles. The summed E-state index contributed by atoms with van der Waals surface area (Å²) in [4.78, 5) is 11.2. The van der Waals surface area contributed by atoms with E-state index in [0.29, 0.717) is 23.8 Å². The second-order valence-corrected chi connectivity index (χ2v) is 6.18. The maximum Gasteiger partial charge on any atom is 0.148 e. The van der Waals surface area contributed by atoms with Gasteiger partial charge in [-0.3, -0.25) is 0 Å². The lowest BCUT2D eigenvalue weighted by atomic mass is 9.97. The number of nitrogen functional groups attached to an aromatic ring is 1. The van der Waals surface area contributed by atoms with Crippen LogP contribution in [0, 0.1) is 0 Å². The monoisotopic (exact) mass is 277 g/mol. The molecule has 6 heteroatoms. The molecular formula is C14H23N5O. The first-order valence-corrected chi connectivity index (χ1v) is 7.39. The highest BCUT2D eigenvalue weighted by Gasteiger charge is 2.42. The normalized spacial score (nSPS) is 29.1. The first-order valence-electron chi connectivity index (χ1n) is 7.39. The Bertz CT molecular complexity index is 478. The van der Waals surface area contributed by atoms with E-state index < -0.39 is 0 Å². The summed E-state index contributed by atoms with van der Waals surface area (Å²) in [6.07, 6.45) is 5.34. The fourth-order valence-corrected chi connectivity index (χ4v) is 3.73. The van der Waals surface area contributed by atoms with Gasteiger partial charge < -0.3 is 15.4 Å². The van der Waals surface area contributed by atoms with Gasteiger partial charge in [-0.15, -0.1) is 0 Å². The van der Waals surface area contributed by atoms with E-state index in [-0.39, 0.29) is 6.10 Å². The van der Waals surface area contributed by atoms with Gasteiger partial charge in [0.25, 0.3) is 0 Å². The second-order valence-electron chi connectivity index (χ2n) is 6.18. The van der Waals surface area contributed by atoms with Gasteiger partial charge in [0.1, 0.15) is 18.0 Å². The van der Waals surface area contributed by atoms with E-state index in [0.717, 1.165) is 37.1 Å². The number of nitrogens with two attached hydrogens (primary N) is 1. The lowest BCUT2D eigenvalue weighted by Gasteiger charge is -2.39. The Hall–Kier alpha value is -1.40. The third-order valence-electron chi connectivity index (χ3n) is 4.53. The van der Waals surface area contributed by atoms with Crippen LogP contribution in [0.4, 0.5) is 11.6 Å². The van der Waals surface area contributed by atoms with E-state index in [9.17, 15) is 5.11 Å². The maximum atomic E-state index is 9.94. The van der Waals surface area contributed by atoms with E-state index in [4.69, 9.17) is 5.84 Å². The van der Waals surface area contributed by atoms with Crippen molar-refractivity contribution < 1.29 is 5.11 Å². The lowest BCUT2D eigenvalue weighted by Crippen LogP contribution is -2.45. The predicted octanol–water partition coefficient (Wildman–Crippen LogP) is 1.38. The van der Waals surface area contributed by atoms with Crippen molar-refractivity contribution in [3.63, 3.8) is 0 Å². The van der Waals surface area contributed by atoms with E-state index >= 15 is 0 Å². The lowest BCUT2D eigenvalue weighted by molar-refractivity contribution is 0.126. The number of nitrogens with one attached hydrogen (secondary N) is 1. The third kappa shape index (κ3) is 2.13. The predicted molar refractivity (Wildman–Crippen MR) is 78.5 cm³/mol. The first-order chi connectivity index (χ1) is 9.61. The SMILES string of the molecule is CC(C)c1c(NN)ncnc1N1C2CCC1CC(O)C2. The number of rotatable bonds is 3. The molecule has 3 heterocycles. The molecule has 6 nitrogen and oxygen atoms in total. The van der Waals surface area contributed by atoms with Crippen molar-refractivity contribution in [1.82, 2.24) is 9.97 Å². The topological polar surface area (TPSA) is 87.3 Å². The summed E-state index contributed by atoms with van der Waals surface area (Å²) in [7, 11) is 0. The number of fused-ring (bicyclic) bond motifs is 2. The Balaban J connectivity index is 2.02. The molecule has 0 saturated carbocycles. The molecule has 2 aliphatic heterocycles. The van der Waals surface area contributed by atoms with Crippen LogP contribution in [-0.4, -0.2) is 33.3 Å². The summed E-state index contributed by atoms with van der Waals surface area (Å²) < 4.78 is 0. The standard InChI is InChI=1S/C14H23N5O/c1-8(2)12-13(18-15)16-7-17-14(12)19-9-3-4-10(19)6-11(20)5-9/h7-11,20H,3-6,15H2,1-2H3,(H,16,17,18). The van der Waals surface area contributed by atoms with Crippen LogP contribution in [0.25, 0.3) is 0 Å². The average molecular weight is 277 g/mol. The summed E-state index contributed by atoms with van der Waals surface area (Å²) in [6, 6.07) is 0.781. The number of hydrogen-bond donors (Lipinski definition) is 3. The molecule has 1 aromatic rings. The van der Waals surface area contributed by atoms with Gasteiger partial charge in [0.2, 0.25) is 0 Å². The van der Waals surface area contributed by atoms with Gasteiger partial charge in [-0.2, -0.15) is 0 Å². The van der Waals surface area contributed by atoms with Crippen molar-refractivity contribution in [2.45, 2.75) is 63.6 Å². The van der Waals surface area contributed by atoms with E-state index in [1.165, 1.54) is 0 Å². The number of aromatic nitrogens is 2. The van der Waals surface area contributed by atoms with Crippen molar-refractivity contribution in [2.24, 2.45) is 5.84 Å². The van der Waals surface area contributed by atoms with Crippen molar-refractivity contribution in [2.75, 3.05) is 10.3 Å². The maximum absolute atomic E-state index is 9.94. The quantitative estimate of drug-likeness (QED) is 0.571. The summed E-state index contributed by atoms with van der Waals surface area (Å²) >= 11 is 0. The van der Waals surface area contributed by atoms with Crippen molar-refractivity contribution in [1.29, 1.82) is 0 Å². The molecule has 0 amide bonds. The van der Waals surface area contributed by atoms with Crippen LogP contribution in [0.3, 0.4) is 0 Å². The number of aliphatic hydroxyl groups is 1. The molecule has 2 fully saturated rings. The number of nitrogens with zero attached hydrogens (tertiary/aromatic N) is 3. The summed E-state index contributed by atoms with van der Waals surface area (Å²) in [5.41, 5.74) is 3.76. The average Bonchev–Trinajstić information content (AvgIpc) is 2.69. The molecule has 3 rings (SSSR count). The van der Waals surface area contributed by atoms with Crippen LogP contribution in [0.15, 0.2) is 6.33 Å². The van der Waals surface area contributed by atoms with Gasteiger partial charge in [-0.05, 0) is 31.6 Å². The minimum Gasteiger partial charge on any atom is -0.393 e. The molecular weight excluding hydrogens is 254 g/mol. The molecule has 0 radical (unpaired) electrons. The van der Waals surface area contributed by atoms with E-state index in [1.54, 1.807) is 6.33 Å². The van der Waals surface area contributed by atoms with Crippen LogP contribution in [0.2, 0.25) is 0 Å². The summed E-state index contributed by atoms with van der Waals surface area (Å²) in [5.74, 6) is 7.58. The number of hydrogen-bond acceptors (Lipinski definition) is 6. The number of piperidine rings is 1. The number of aliphatic hydroxyl groups excluding tert-OH is 1. The van der Waals surface area contributed by atoms with Gasteiger partial charge in [0, 0.05) is 17.6 Å². The van der Waals surface area contributed by atoms with Gasteiger partial charge in [-0.25, -0.2) is 15.8 Å². The Morgan fingerprint density at radius 1 is 1.30 bits per heavy atom.